The van der Waals surface area contributed by atoms with Gasteiger partial charge in [-0.1, -0.05) is 0 Å². The van der Waals surface area contributed by atoms with Crippen molar-refractivity contribution in [1.82, 2.24) is 0 Å². The summed E-state index contributed by atoms with van der Waals surface area (Å²) in [6, 6.07) is 0. The third-order valence-corrected chi connectivity index (χ3v) is 1.58. The van der Waals surface area contributed by atoms with Crippen molar-refractivity contribution in [2.75, 3.05) is 11.5 Å². The minimum Gasteiger partial charge on any atom is -0.298 e. The monoisotopic (exact) mass is 88.0 g/mol. The van der Waals surface area contributed by atoms with Gasteiger partial charge in [-0.25, -0.2) is 0 Å². The Morgan fingerprint density at radius 2 is 2.00 bits per heavy atom. The molecule has 1 heterocycles. The van der Waals surface area contributed by atoms with Crippen LogP contribution in [0, 0.1) is 0 Å². The summed E-state index contributed by atoms with van der Waals surface area (Å²) in [5.41, 5.74) is 0. The molecule has 2 heteroatoms. The minimum atomic E-state index is 0.398. The first-order valence-corrected chi connectivity index (χ1v) is 2.64. The third kappa shape index (κ3) is 0.453. The molecule has 1 nitrogen and oxygen atoms in total. The zero-order valence-electron chi connectivity index (χ0n) is 2.73. The molecule has 0 amide bonds. The van der Waals surface area contributed by atoms with Crippen LogP contribution in [0.5, 0.6) is 0 Å². The van der Waals surface area contributed by atoms with Gasteiger partial charge >= 0.3 is 0 Å². The predicted octanol–water partition coefficient (Wildman–Crippen LogP) is 0.302. The molecule has 0 aliphatic carbocycles. The first-order valence-electron chi connectivity index (χ1n) is 1.49. The van der Waals surface area contributed by atoms with Gasteiger partial charge in [0.25, 0.3) is 0 Å². The summed E-state index contributed by atoms with van der Waals surface area (Å²) < 4.78 is 0. The van der Waals surface area contributed by atoms with Crippen LogP contribution in [0.2, 0.25) is 0 Å². The Morgan fingerprint density at radius 3 is 2.00 bits per heavy atom. The molecule has 28 valence electrons. The van der Waals surface area contributed by atoms with Gasteiger partial charge in [0.15, 0.2) is 5.78 Å². The lowest BCUT2D eigenvalue weighted by Crippen LogP contribution is -2.15. The van der Waals surface area contributed by atoms with Crippen LogP contribution in [0.25, 0.3) is 0 Å². The molecule has 0 bridgehead atoms. The quantitative estimate of drug-likeness (QED) is 0.423. The lowest BCUT2D eigenvalue weighted by Gasteiger charge is -2.04. The van der Waals surface area contributed by atoms with Crippen molar-refractivity contribution in [1.29, 1.82) is 0 Å². The molecule has 1 fully saturated rings. The van der Waals surface area contributed by atoms with E-state index in [0.717, 1.165) is 11.5 Å². The number of Topliss-reactive ketones (excluding diaryl/α,β-unsaturated/α-hetero) is 1. The van der Waals surface area contributed by atoms with Crippen molar-refractivity contribution >= 4 is 17.5 Å². The van der Waals surface area contributed by atoms with Gasteiger partial charge in [-0.2, -0.15) is 0 Å². The highest BCUT2D eigenvalue weighted by Gasteiger charge is 2.10. The summed E-state index contributed by atoms with van der Waals surface area (Å²) in [5, 5.41) is 0. The number of rotatable bonds is 0. The SMILES string of the molecule is O=C1CSC1. The van der Waals surface area contributed by atoms with Gasteiger partial charge in [0.2, 0.25) is 0 Å². The lowest BCUT2D eigenvalue weighted by atomic mass is 10.5. The Labute approximate surface area is 34.7 Å². The second kappa shape index (κ2) is 1.01. The molecule has 0 aromatic carbocycles. The van der Waals surface area contributed by atoms with Crippen molar-refractivity contribution in [3.8, 4) is 0 Å². The molecular formula is C3H4OS. The van der Waals surface area contributed by atoms with Crippen LogP contribution in [-0.4, -0.2) is 17.3 Å². The van der Waals surface area contributed by atoms with Gasteiger partial charge < -0.3 is 0 Å². The van der Waals surface area contributed by atoms with E-state index in [2.05, 4.69) is 0 Å². The Hall–Kier alpha value is 0.0200. The van der Waals surface area contributed by atoms with Crippen LogP contribution < -0.4 is 0 Å². The Kier molecular flexibility index (Phi) is 0.651. The Bertz CT molecular complexity index is 53.9. The topological polar surface area (TPSA) is 17.1 Å². The minimum absolute atomic E-state index is 0.398. The molecule has 5 heavy (non-hydrogen) atoms. The fourth-order valence-electron chi connectivity index (χ4n) is 0.185. The summed E-state index contributed by atoms with van der Waals surface area (Å²) in [4.78, 5) is 9.88. The summed E-state index contributed by atoms with van der Waals surface area (Å²) in [6.07, 6.45) is 0. The molecule has 0 unspecified atom stereocenters. The fraction of sp³-hybridized carbons (Fsp3) is 0.667. The number of ketones is 1. The molecule has 0 saturated carbocycles. The van der Waals surface area contributed by atoms with E-state index in [4.69, 9.17) is 0 Å². The van der Waals surface area contributed by atoms with Crippen molar-refractivity contribution in [2.45, 2.75) is 0 Å². The van der Waals surface area contributed by atoms with E-state index in [9.17, 15) is 4.79 Å². The zero-order chi connectivity index (χ0) is 3.70. The van der Waals surface area contributed by atoms with Crippen molar-refractivity contribution in [3.63, 3.8) is 0 Å². The first kappa shape index (κ1) is 3.22. The van der Waals surface area contributed by atoms with Gasteiger partial charge in [0.05, 0.1) is 11.5 Å². The second-order valence-corrected chi connectivity index (χ2v) is 2.02. The smallest absolute Gasteiger partial charge is 0.152 e. The fourth-order valence-corrected chi connectivity index (χ4v) is 0.556. The molecule has 0 N–H and O–H groups in total. The van der Waals surface area contributed by atoms with Crippen LogP contribution in [0.15, 0.2) is 0 Å². The average molecular weight is 88.1 g/mol. The van der Waals surface area contributed by atoms with Crippen molar-refractivity contribution in [3.05, 3.63) is 0 Å². The molecule has 0 aromatic rings. The highest BCUT2D eigenvalue weighted by molar-refractivity contribution is 8.03. The maximum absolute atomic E-state index is 9.88. The number of thioether (sulfide) groups is 1. The average Bonchev–Trinajstić information content (AvgIpc) is 1.30. The standard InChI is InChI=1S/C3H4OS/c4-3-1-5-2-3/h1-2H2. The molecule has 0 radical (unpaired) electrons. The van der Waals surface area contributed by atoms with Crippen LogP contribution in [0.3, 0.4) is 0 Å². The van der Waals surface area contributed by atoms with Gasteiger partial charge in [-0.15, -0.1) is 11.8 Å². The zero-order valence-corrected chi connectivity index (χ0v) is 3.55. The van der Waals surface area contributed by atoms with Crippen LogP contribution >= 0.6 is 11.8 Å². The number of hydrogen-bond acceptors (Lipinski definition) is 2. The summed E-state index contributed by atoms with van der Waals surface area (Å²) in [5.74, 6) is 1.93. The van der Waals surface area contributed by atoms with E-state index in [0.29, 0.717) is 5.78 Å². The van der Waals surface area contributed by atoms with Gasteiger partial charge in [0, 0.05) is 0 Å². The molecular weight excluding hydrogens is 84.1 g/mol. The molecule has 1 rings (SSSR count). The maximum atomic E-state index is 9.88. The Balaban J connectivity index is 2.32. The molecule has 0 aromatic heterocycles. The van der Waals surface area contributed by atoms with E-state index in [1.807, 2.05) is 0 Å². The number of carbonyl (C=O) groups is 1. The lowest BCUT2D eigenvalue weighted by molar-refractivity contribution is -0.115. The summed E-state index contributed by atoms with van der Waals surface area (Å²) in [7, 11) is 0. The van der Waals surface area contributed by atoms with E-state index >= 15 is 0 Å². The molecule has 1 aliphatic heterocycles. The van der Waals surface area contributed by atoms with E-state index in [-0.39, 0.29) is 0 Å². The van der Waals surface area contributed by atoms with E-state index < -0.39 is 0 Å². The van der Waals surface area contributed by atoms with E-state index in [1.165, 1.54) is 0 Å². The highest BCUT2D eigenvalue weighted by Crippen LogP contribution is 2.10. The number of carbonyl (C=O) groups excluding carboxylic acids is 1. The van der Waals surface area contributed by atoms with Crippen LogP contribution in [0.1, 0.15) is 0 Å². The molecule has 0 atom stereocenters. The van der Waals surface area contributed by atoms with Crippen LogP contribution in [0.4, 0.5) is 0 Å². The summed E-state index contributed by atoms with van der Waals surface area (Å²) >= 11 is 1.70. The summed E-state index contributed by atoms with van der Waals surface area (Å²) in [6.45, 7) is 0. The van der Waals surface area contributed by atoms with Crippen LogP contribution in [-0.2, 0) is 4.79 Å². The van der Waals surface area contributed by atoms with E-state index in [1.54, 1.807) is 11.8 Å². The van der Waals surface area contributed by atoms with Crippen molar-refractivity contribution < 1.29 is 4.79 Å². The van der Waals surface area contributed by atoms with Gasteiger partial charge in [-0.3, -0.25) is 4.79 Å². The number of hydrogen-bond donors (Lipinski definition) is 0. The molecule has 1 aliphatic rings. The Morgan fingerprint density at radius 1 is 1.60 bits per heavy atom. The largest absolute Gasteiger partial charge is 0.298 e. The predicted molar refractivity (Wildman–Crippen MR) is 22.3 cm³/mol. The van der Waals surface area contributed by atoms with Gasteiger partial charge in [0.1, 0.15) is 0 Å². The van der Waals surface area contributed by atoms with Crippen molar-refractivity contribution in [2.24, 2.45) is 0 Å². The normalized spacial score (nSPS) is 22.0. The molecule has 1 saturated heterocycles. The van der Waals surface area contributed by atoms with Gasteiger partial charge in [-0.05, 0) is 0 Å². The first-order chi connectivity index (χ1) is 2.39. The second-order valence-electron chi connectivity index (χ2n) is 1.03. The maximum Gasteiger partial charge on any atom is 0.152 e. The highest BCUT2D eigenvalue weighted by atomic mass is 32.2. The molecule has 0 spiro atoms. The third-order valence-electron chi connectivity index (χ3n) is 0.526.